The van der Waals surface area contributed by atoms with Crippen molar-refractivity contribution in [3.63, 3.8) is 0 Å². The minimum atomic E-state index is -0.210. The van der Waals surface area contributed by atoms with Crippen molar-refractivity contribution in [2.45, 2.75) is 33.6 Å². The van der Waals surface area contributed by atoms with Crippen molar-refractivity contribution in [1.29, 1.82) is 0 Å². The lowest BCUT2D eigenvalue weighted by atomic mass is 9.96. The van der Waals surface area contributed by atoms with Crippen LogP contribution in [0.3, 0.4) is 0 Å². The van der Waals surface area contributed by atoms with E-state index in [0.717, 1.165) is 5.56 Å². The summed E-state index contributed by atoms with van der Waals surface area (Å²) >= 11 is 0. The molecule has 0 spiro atoms. The van der Waals surface area contributed by atoms with E-state index >= 15 is 0 Å². The molecule has 0 radical (unpaired) electrons. The molecule has 0 bridgehead atoms. The molecule has 8 heteroatoms. The van der Waals surface area contributed by atoms with E-state index in [1.165, 1.54) is 6.07 Å². The van der Waals surface area contributed by atoms with Gasteiger partial charge in [-0.15, -0.1) is 0 Å². The Morgan fingerprint density at radius 2 is 1.90 bits per heavy atom. The highest BCUT2D eigenvalue weighted by atomic mass is 16.2. The second kappa shape index (κ2) is 9.56. The maximum absolute atomic E-state index is 12.7. The van der Waals surface area contributed by atoms with Crippen LogP contribution in [0.2, 0.25) is 0 Å². The summed E-state index contributed by atoms with van der Waals surface area (Å²) in [4.78, 5) is 47.6. The third kappa shape index (κ3) is 5.06. The molecule has 1 aromatic heterocycles. The fraction of sp³-hybridized carbons (Fsp3) is 0.455. The fourth-order valence-electron chi connectivity index (χ4n) is 3.73. The van der Waals surface area contributed by atoms with E-state index in [4.69, 9.17) is 0 Å². The molecule has 1 fully saturated rings. The zero-order valence-electron chi connectivity index (χ0n) is 17.8. The van der Waals surface area contributed by atoms with Gasteiger partial charge in [-0.3, -0.25) is 9.59 Å². The Morgan fingerprint density at radius 1 is 1.20 bits per heavy atom. The van der Waals surface area contributed by atoms with Crippen molar-refractivity contribution in [2.75, 3.05) is 31.5 Å². The van der Waals surface area contributed by atoms with E-state index in [0.29, 0.717) is 56.2 Å². The number of hydrogen-bond donors (Lipinski definition) is 2. The van der Waals surface area contributed by atoms with Crippen molar-refractivity contribution in [3.8, 4) is 11.4 Å². The normalized spacial score (nSPS) is 14.4. The largest absolute Gasteiger partial charge is 0.326 e. The molecule has 3 amide bonds. The second-order valence-corrected chi connectivity index (χ2v) is 7.52. The molecule has 0 saturated carbocycles. The fourth-order valence-corrected chi connectivity index (χ4v) is 3.73. The number of amides is 3. The molecule has 0 atom stereocenters. The highest BCUT2D eigenvalue weighted by molar-refractivity contribution is 5.93. The Balaban J connectivity index is 1.62. The Labute approximate surface area is 176 Å². The predicted molar refractivity (Wildman–Crippen MR) is 116 cm³/mol. The molecule has 2 N–H and O–H groups in total. The monoisotopic (exact) mass is 411 g/mol. The third-order valence-corrected chi connectivity index (χ3v) is 5.44. The number of urea groups is 1. The SMILES string of the molecule is CCN(CC)C(=O)N1CCC(C(=O)Nc2cccc(-c3nc(C)cc(=O)[nH]3)c2)CC1. The van der Waals surface area contributed by atoms with Gasteiger partial charge in [0.05, 0.1) is 0 Å². The summed E-state index contributed by atoms with van der Waals surface area (Å²) in [7, 11) is 0. The number of hydrogen-bond acceptors (Lipinski definition) is 4. The third-order valence-electron chi connectivity index (χ3n) is 5.44. The van der Waals surface area contributed by atoms with Gasteiger partial charge in [0.2, 0.25) is 5.91 Å². The lowest BCUT2D eigenvalue weighted by molar-refractivity contribution is -0.121. The molecule has 30 heavy (non-hydrogen) atoms. The summed E-state index contributed by atoms with van der Waals surface area (Å²) < 4.78 is 0. The van der Waals surface area contributed by atoms with Gasteiger partial charge in [0.25, 0.3) is 5.56 Å². The van der Waals surface area contributed by atoms with Gasteiger partial charge in [0.1, 0.15) is 5.82 Å². The quantitative estimate of drug-likeness (QED) is 0.790. The first-order valence-corrected chi connectivity index (χ1v) is 10.4. The van der Waals surface area contributed by atoms with Crippen molar-refractivity contribution in [2.24, 2.45) is 5.92 Å². The molecular formula is C22H29N5O3. The number of H-pyrrole nitrogens is 1. The molecule has 1 saturated heterocycles. The van der Waals surface area contributed by atoms with Gasteiger partial charge in [-0.05, 0) is 45.7 Å². The molecule has 1 aliphatic heterocycles. The smallest absolute Gasteiger partial charge is 0.319 e. The molecule has 1 aliphatic rings. The van der Waals surface area contributed by atoms with Gasteiger partial charge in [0.15, 0.2) is 0 Å². The number of nitrogens with one attached hydrogen (secondary N) is 2. The summed E-state index contributed by atoms with van der Waals surface area (Å²) in [5, 5.41) is 2.97. The van der Waals surface area contributed by atoms with Crippen LogP contribution in [0.4, 0.5) is 10.5 Å². The van der Waals surface area contributed by atoms with Gasteiger partial charge in [0, 0.05) is 55.1 Å². The van der Waals surface area contributed by atoms with Crippen LogP contribution >= 0.6 is 0 Å². The molecule has 0 aliphatic carbocycles. The Morgan fingerprint density at radius 3 is 2.53 bits per heavy atom. The number of rotatable bonds is 5. The van der Waals surface area contributed by atoms with Crippen LogP contribution in [0.5, 0.6) is 0 Å². The topological polar surface area (TPSA) is 98.4 Å². The van der Waals surface area contributed by atoms with E-state index in [1.807, 2.05) is 36.9 Å². The number of aromatic amines is 1. The minimum Gasteiger partial charge on any atom is -0.326 e. The maximum Gasteiger partial charge on any atom is 0.319 e. The number of aromatic nitrogens is 2. The zero-order chi connectivity index (χ0) is 21.7. The average Bonchev–Trinajstić information content (AvgIpc) is 2.74. The zero-order valence-corrected chi connectivity index (χ0v) is 17.8. The number of piperidine rings is 1. The van der Waals surface area contributed by atoms with Crippen LogP contribution in [0.1, 0.15) is 32.4 Å². The molecule has 8 nitrogen and oxygen atoms in total. The molecule has 0 unspecified atom stereocenters. The molecule has 1 aromatic carbocycles. The van der Waals surface area contributed by atoms with Crippen LogP contribution in [0.15, 0.2) is 35.1 Å². The van der Waals surface area contributed by atoms with Crippen LogP contribution in [-0.4, -0.2) is 57.9 Å². The summed E-state index contributed by atoms with van der Waals surface area (Å²) in [5.41, 5.74) is 1.81. The molecular weight excluding hydrogens is 382 g/mol. The first kappa shape index (κ1) is 21.5. The second-order valence-electron chi connectivity index (χ2n) is 7.52. The van der Waals surface area contributed by atoms with Crippen molar-refractivity contribution < 1.29 is 9.59 Å². The van der Waals surface area contributed by atoms with E-state index in [-0.39, 0.29) is 23.4 Å². The first-order valence-electron chi connectivity index (χ1n) is 10.4. The van der Waals surface area contributed by atoms with E-state index in [9.17, 15) is 14.4 Å². The first-order chi connectivity index (χ1) is 14.4. The van der Waals surface area contributed by atoms with Crippen LogP contribution in [0.25, 0.3) is 11.4 Å². The van der Waals surface area contributed by atoms with E-state index in [2.05, 4.69) is 15.3 Å². The van der Waals surface area contributed by atoms with Crippen molar-refractivity contribution in [1.82, 2.24) is 19.8 Å². The average molecular weight is 412 g/mol. The lowest BCUT2D eigenvalue weighted by Crippen LogP contribution is -2.47. The molecule has 3 rings (SSSR count). The van der Waals surface area contributed by atoms with Gasteiger partial charge in [-0.25, -0.2) is 9.78 Å². The maximum atomic E-state index is 12.7. The Hall–Kier alpha value is -3.16. The van der Waals surface area contributed by atoms with Gasteiger partial charge < -0.3 is 20.1 Å². The number of anilines is 1. The van der Waals surface area contributed by atoms with Crippen molar-refractivity contribution >= 4 is 17.6 Å². The molecule has 160 valence electrons. The number of carbonyl (C=O) groups excluding carboxylic acids is 2. The van der Waals surface area contributed by atoms with Gasteiger partial charge in [-0.1, -0.05) is 12.1 Å². The number of likely N-dealkylation sites (tertiary alicyclic amines) is 1. The van der Waals surface area contributed by atoms with Crippen molar-refractivity contribution in [3.05, 3.63) is 46.4 Å². The number of carbonyl (C=O) groups is 2. The van der Waals surface area contributed by atoms with Gasteiger partial charge in [-0.2, -0.15) is 0 Å². The highest BCUT2D eigenvalue weighted by Gasteiger charge is 2.29. The van der Waals surface area contributed by atoms with Crippen LogP contribution < -0.4 is 10.9 Å². The van der Waals surface area contributed by atoms with Crippen LogP contribution in [0, 0.1) is 12.8 Å². The highest BCUT2D eigenvalue weighted by Crippen LogP contribution is 2.23. The molecule has 2 aromatic rings. The summed E-state index contributed by atoms with van der Waals surface area (Å²) in [6.07, 6.45) is 1.29. The Bertz CT molecular complexity index is 959. The standard InChI is InChI=1S/C22H29N5O3/c1-4-26(5-2)22(30)27-11-9-16(10-12-27)21(29)24-18-8-6-7-17(14-18)20-23-15(3)13-19(28)25-20/h6-8,13-14,16H,4-5,9-12H2,1-3H3,(H,24,29)(H,23,25,28). The van der Waals surface area contributed by atoms with E-state index < -0.39 is 0 Å². The minimum absolute atomic E-state index is 0.0474. The Kier molecular flexibility index (Phi) is 6.87. The number of nitrogens with zero attached hydrogens (tertiary/aromatic N) is 3. The summed E-state index contributed by atoms with van der Waals surface area (Å²) in [5.74, 6) is 0.290. The summed E-state index contributed by atoms with van der Waals surface area (Å²) in [6.45, 7) is 8.25. The van der Waals surface area contributed by atoms with Gasteiger partial charge >= 0.3 is 6.03 Å². The number of benzene rings is 1. The molecule has 2 heterocycles. The van der Waals surface area contributed by atoms with Crippen LogP contribution in [-0.2, 0) is 4.79 Å². The van der Waals surface area contributed by atoms with E-state index in [1.54, 1.807) is 17.9 Å². The summed E-state index contributed by atoms with van der Waals surface area (Å²) in [6, 6.07) is 8.75. The number of aryl methyl sites for hydroxylation is 1. The predicted octanol–water partition coefficient (Wildman–Crippen LogP) is 2.86. The lowest BCUT2D eigenvalue weighted by Gasteiger charge is -2.34.